The second kappa shape index (κ2) is 7.47. The number of methoxy groups -OCH3 is 1. The van der Waals surface area contributed by atoms with Crippen LogP contribution in [0.2, 0.25) is 0 Å². The number of hydrogen-bond acceptors (Lipinski definition) is 4. The van der Waals surface area contributed by atoms with Crippen LogP contribution in [0.15, 0.2) is 42.5 Å². The summed E-state index contributed by atoms with van der Waals surface area (Å²) in [7, 11) is 1.60. The highest BCUT2D eigenvalue weighted by atomic mass is 19.1. The Kier molecular flexibility index (Phi) is 5.26. The van der Waals surface area contributed by atoms with Crippen molar-refractivity contribution in [3.05, 3.63) is 53.8 Å². The van der Waals surface area contributed by atoms with Gasteiger partial charge in [0.1, 0.15) is 28.7 Å². The van der Waals surface area contributed by atoms with Gasteiger partial charge in [0, 0.05) is 18.1 Å². The fourth-order valence-corrected chi connectivity index (χ4v) is 3.15. The van der Waals surface area contributed by atoms with E-state index in [9.17, 15) is 9.18 Å². The molecule has 0 saturated carbocycles. The predicted molar refractivity (Wildman–Crippen MR) is 99.7 cm³/mol. The average molecular weight is 373 g/mol. The number of amides is 1. The van der Waals surface area contributed by atoms with Gasteiger partial charge in [-0.2, -0.15) is 0 Å². The van der Waals surface area contributed by atoms with Gasteiger partial charge in [0.05, 0.1) is 13.2 Å². The van der Waals surface area contributed by atoms with Crippen molar-refractivity contribution in [1.82, 2.24) is 5.32 Å². The molecule has 0 aliphatic carbocycles. The van der Waals surface area contributed by atoms with Gasteiger partial charge in [-0.15, -0.1) is 0 Å². The van der Waals surface area contributed by atoms with Crippen molar-refractivity contribution in [1.29, 1.82) is 0 Å². The van der Waals surface area contributed by atoms with Gasteiger partial charge in [-0.3, -0.25) is 4.79 Å². The number of carbonyl (C=O) groups excluding carboxylic acids is 1. The highest BCUT2D eigenvalue weighted by Gasteiger charge is 2.35. The second-order valence-corrected chi connectivity index (χ2v) is 7.24. The number of carbonyl (C=O) groups is 1. The normalized spacial score (nSPS) is 18.6. The molecule has 0 saturated heterocycles. The molecule has 1 heterocycles. The molecule has 2 atom stereocenters. The monoisotopic (exact) mass is 373 g/mol. The lowest BCUT2D eigenvalue weighted by Gasteiger charge is -2.38. The Morgan fingerprint density at radius 3 is 2.56 bits per heavy atom. The first-order valence-electron chi connectivity index (χ1n) is 8.87. The van der Waals surface area contributed by atoms with Crippen LogP contribution in [-0.4, -0.2) is 24.7 Å². The fourth-order valence-electron chi connectivity index (χ4n) is 3.15. The van der Waals surface area contributed by atoms with Crippen LogP contribution in [0.25, 0.3) is 0 Å². The van der Waals surface area contributed by atoms with E-state index >= 15 is 0 Å². The Morgan fingerprint density at radius 2 is 1.89 bits per heavy atom. The van der Waals surface area contributed by atoms with E-state index in [0.29, 0.717) is 23.7 Å². The highest BCUT2D eigenvalue weighted by Crippen LogP contribution is 2.41. The highest BCUT2D eigenvalue weighted by molar-refractivity contribution is 5.81. The molecule has 0 unspecified atom stereocenters. The van der Waals surface area contributed by atoms with Crippen molar-refractivity contribution in [2.24, 2.45) is 0 Å². The largest absolute Gasteiger partial charge is 0.497 e. The molecule has 5 nitrogen and oxygen atoms in total. The maximum absolute atomic E-state index is 13.0. The summed E-state index contributed by atoms with van der Waals surface area (Å²) < 4.78 is 29.9. The summed E-state index contributed by atoms with van der Waals surface area (Å²) in [4.78, 5) is 12.7. The predicted octanol–water partition coefficient (Wildman–Crippen LogP) is 4.02. The first-order chi connectivity index (χ1) is 12.8. The molecule has 0 bridgehead atoms. The molecule has 1 amide bonds. The summed E-state index contributed by atoms with van der Waals surface area (Å²) in [6.07, 6.45) is -0.0930. The summed E-state index contributed by atoms with van der Waals surface area (Å²) in [5.41, 5.74) is 0.468. The van der Waals surface area contributed by atoms with Crippen molar-refractivity contribution >= 4 is 5.91 Å². The summed E-state index contributed by atoms with van der Waals surface area (Å²) in [5.74, 6) is 1.24. The van der Waals surface area contributed by atoms with E-state index in [0.717, 1.165) is 5.56 Å². The molecule has 0 aromatic heterocycles. The molecular weight excluding hydrogens is 349 g/mol. The first-order valence-corrected chi connectivity index (χ1v) is 8.87. The van der Waals surface area contributed by atoms with E-state index < -0.39 is 11.7 Å². The minimum atomic E-state index is -0.719. The smallest absolute Gasteiger partial charge is 0.261 e. The number of benzene rings is 2. The topological polar surface area (TPSA) is 56.8 Å². The molecule has 1 aliphatic rings. The summed E-state index contributed by atoms with van der Waals surface area (Å²) in [6.45, 7) is 5.62. The van der Waals surface area contributed by atoms with E-state index in [1.165, 1.54) is 24.3 Å². The number of ether oxygens (including phenoxy) is 3. The zero-order valence-corrected chi connectivity index (χ0v) is 15.9. The third-order valence-corrected chi connectivity index (χ3v) is 4.49. The van der Waals surface area contributed by atoms with Gasteiger partial charge in [-0.25, -0.2) is 4.39 Å². The Bertz CT molecular complexity index is 819. The first kappa shape index (κ1) is 19.0. The standard InChI is InChI=1S/C21H24FNO4/c1-13(26-15-7-5-14(22)6-8-15)20(24)23-18-12-21(2,3)27-19-11-16(25-4)9-10-17(18)19/h5-11,13,18H,12H2,1-4H3,(H,23,24)/t13-,18-/m1/s1. The van der Waals surface area contributed by atoms with Gasteiger partial charge in [0.15, 0.2) is 6.10 Å². The van der Waals surface area contributed by atoms with Crippen LogP contribution >= 0.6 is 0 Å². The van der Waals surface area contributed by atoms with Crippen LogP contribution in [0.1, 0.15) is 38.8 Å². The van der Waals surface area contributed by atoms with Crippen molar-refractivity contribution in [3.8, 4) is 17.2 Å². The quantitative estimate of drug-likeness (QED) is 0.860. The van der Waals surface area contributed by atoms with Gasteiger partial charge in [0.2, 0.25) is 0 Å². The van der Waals surface area contributed by atoms with Gasteiger partial charge in [-0.05, 0) is 57.2 Å². The average Bonchev–Trinajstić information content (AvgIpc) is 2.62. The molecule has 0 radical (unpaired) electrons. The zero-order valence-electron chi connectivity index (χ0n) is 15.9. The van der Waals surface area contributed by atoms with E-state index in [-0.39, 0.29) is 17.8 Å². The van der Waals surface area contributed by atoms with Crippen molar-refractivity contribution in [3.63, 3.8) is 0 Å². The van der Waals surface area contributed by atoms with Gasteiger partial charge in [0.25, 0.3) is 5.91 Å². The molecule has 27 heavy (non-hydrogen) atoms. The van der Waals surface area contributed by atoms with E-state index in [2.05, 4.69) is 5.32 Å². The Balaban J connectivity index is 1.74. The lowest BCUT2D eigenvalue weighted by molar-refractivity contribution is -0.128. The Morgan fingerprint density at radius 1 is 1.22 bits per heavy atom. The molecule has 144 valence electrons. The van der Waals surface area contributed by atoms with Crippen LogP contribution in [0, 0.1) is 5.82 Å². The van der Waals surface area contributed by atoms with Gasteiger partial charge >= 0.3 is 0 Å². The lowest BCUT2D eigenvalue weighted by atomic mass is 9.89. The fraction of sp³-hybridized carbons (Fsp3) is 0.381. The summed E-state index contributed by atoms with van der Waals surface area (Å²) in [6, 6.07) is 11.0. The van der Waals surface area contributed by atoms with Crippen LogP contribution in [0.3, 0.4) is 0 Å². The molecule has 1 N–H and O–H groups in total. The van der Waals surface area contributed by atoms with Crippen molar-refractivity contribution in [2.75, 3.05) is 7.11 Å². The SMILES string of the molecule is COc1ccc2c(c1)OC(C)(C)C[C@H]2NC(=O)[C@@H](C)Oc1ccc(F)cc1. The second-order valence-electron chi connectivity index (χ2n) is 7.24. The van der Waals surface area contributed by atoms with E-state index in [1.807, 2.05) is 32.0 Å². The van der Waals surface area contributed by atoms with E-state index in [4.69, 9.17) is 14.2 Å². The van der Waals surface area contributed by atoms with Crippen LogP contribution in [-0.2, 0) is 4.79 Å². The van der Waals surface area contributed by atoms with Crippen LogP contribution in [0.5, 0.6) is 17.2 Å². The number of nitrogens with one attached hydrogen (secondary N) is 1. The third-order valence-electron chi connectivity index (χ3n) is 4.49. The van der Waals surface area contributed by atoms with Crippen LogP contribution < -0.4 is 19.5 Å². The van der Waals surface area contributed by atoms with Gasteiger partial charge < -0.3 is 19.5 Å². The summed E-state index contributed by atoms with van der Waals surface area (Å²) in [5, 5.41) is 3.04. The zero-order chi connectivity index (χ0) is 19.6. The molecule has 0 spiro atoms. The Hall–Kier alpha value is -2.76. The summed E-state index contributed by atoms with van der Waals surface area (Å²) >= 11 is 0. The van der Waals surface area contributed by atoms with Crippen LogP contribution in [0.4, 0.5) is 4.39 Å². The number of halogens is 1. The molecule has 6 heteroatoms. The number of rotatable bonds is 5. The van der Waals surface area contributed by atoms with Gasteiger partial charge in [-0.1, -0.05) is 0 Å². The maximum atomic E-state index is 13.0. The molecule has 1 aliphatic heterocycles. The Labute approximate surface area is 158 Å². The minimum Gasteiger partial charge on any atom is -0.497 e. The molecular formula is C21H24FNO4. The number of fused-ring (bicyclic) bond motifs is 1. The molecule has 2 aromatic carbocycles. The van der Waals surface area contributed by atoms with Crippen molar-refractivity contribution in [2.45, 2.75) is 44.9 Å². The lowest BCUT2D eigenvalue weighted by Crippen LogP contribution is -2.44. The maximum Gasteiger partial charge on any atom is 0.261 e. The minimum absolute atomic E-state index is 0.207. The van der Waals surface area contributed by atoms with Crippen molar-refractivity contribution < 1.29 is 23.4 Å². The molecule has 2 aromatic rings. The third kappa shape index (κ3) is 4.51. The van der Waals surface area contributed by atoms with E-state index in [1.54, 1.807) is 14.0 Å². The molecule has 0 fully saturated rings. The number of hydrogen-bond donors (Lipinski definition) is 1. The molecule has 3 rings (SSSR count).